The van der Waals surface area contributed by atoms with Crippen LogP contribution in [0.5, 0.6) is 0 Å². The Morgan fingerprint density at radius 1 is 1.16 bits per heavy atom. The molecule has 1 aromatic carbocycles. The van der Waals surface area contributed by atoms with Gasteiger partial charge in [-0.15, -0.1) is 0 Å². The zero-order valence-electron chi connectivity index (χ0n) is 16.9. The van der Waals surface area contributed by atoms with E-state index in [1.807, 2.05) is 0 Å². The summed E-state index contributed by atoms with van der Waals surface area (Å²) in [5.41, 5.74) is -0.886. The van der Waals surface area contributed by atoms with Crippen molar-refractivity contribution in [2.45, 2.75) is 41.4 Å². The Balaban J connectivity index is 1.61. The summed E-state index contributed by atoms with van der Waals surface area (Å²) in [5, 5.41) is 11.3. The molecule has 3 aliphatic rings. The van der Waals surface area contributed by atoms with Crippen LogP contribution in [0.1, 0.15) is 25.7 Å². The van der Waals surface area contributed by atoms with Crippen LogP contribution in [0.15, 0.2) is 29.2 Å². The second kappa shape index (κ2) is 8.41. The lowest BCUT2D eigenvalue weighted by atomic mass is 9.93. The Morgan fingerprint density at radius 3 is 2.42 bits per heavy atom. The number of hydrogen-bond acceptors (Lipinski definition) is 6. The van der Waals surface area contributed by atoms with E-state index in [1.165, 1.54) is 12.1 Å². The molecule has 1 aliphatic heterocycles. The molecule has 2 aliphatic carbocycles. The quantitative estimate of drug-likeness (QED) is 0.705. The van der Waals surface area contributed by atoms with E-state index in [2.05, 4.69) is 11.4 Å². The first-order valence-corrected chi connectivity index (χ1v) is 12.3. The van der Waals surface area contributed by atoms with E-state index in [4.69, 9.17) is 16.3 Å². The Labute approximate surface area is 186 Å². The summed E-state index contributed by atoms with van der Waals surface area (Å²) in [4.78, 5) is 27.9. The minimum Gasteiger partial charge on any atom is -0.378 e. The number of morpholine rings is 1. The monoisotopic (exact) mass is 465 g/mol. The molecule has 166 valence electrons. The number of sulfone groups is 1. The van der Waals surface area contributed by atoms with Crippen molar-refractivity contribution in [2.24, 2.45) is 11.8 Å². The smallest absolute Gasteiger partial charge is 0.226 e. The van der Waals surface area contributed by atoms with E-state index in [0.29, 0.717) is 39.1 Å². The maximum Gasteiger partial charge on any atom is 0.226 e. The molecule has 8 nitrogen and oxygen atoms in total. The first-order valence-electron chi connectivity index (χ1n) is 10.4. The largest absolute Gasteiger partial charge is 0.378 e. The number of carbonyl (C=O) groups excluding carboxylic acids is 2. The lowest BCUT2D eigenvalue weighted by Crippen LogP contribution is -2.48. The minimum atomic E-state index is -3.84. The lowest BCUT2D eigenvalue weighted by Gasteiger charge is -2.31. The van der Waals surface area contributed by atoms with Crippen LogP contribution in [0.4, 0.5) is 0 Å². The van der Waals surface area contributed by atoms with Gasteiger partial charge in [-0.3, -0.25) is 9.59 Å². The van der Waals surface area contributed by atoms with Crippen LogP contribution in [-0.2, 0) is 24.2 Å². The van der Waals surface area contributed by atoms with Gasteiger partial charge >= 0.3 is 0 Å². The molecule has 31 heavy (non-hydrogen) atoms. The number of amides is 2. The van der Waals surface area contributed by atoms with Gasteiger partial charge in [0.05, 0.1) is 46.3 Å². The number of nitrogens with zero attached hydrogens (tertiary/aromatic N) is 2. The Bertz CT molecular complexity index is 1030. The molecule has 1 N–H and O–H groups in total. The molecule has 1 unspecified atom stereocenters. The number of benzene rings is 1. The highest BCUT2D eigenvalue weighted by molar-refractivity contribution is 7.92. The summed E-state index contributed by atoms with van der Waals surface area (Å²) >= 11 is 6.14. The van der Waals surface area contributed by atoms with Gasteiger partial charge in [0.1, 0.15) is 5.54 Å². The molecule has 0 aromatic heterocycles. The van der Waals surface area contributed by atoms with Gasteiger partial charge in [-0.2, -0.15) is 5.26 Å². The van der Waals surface area contributed by atoms with Crippen LogP contribution >= 0.6 is 11.6 Å². The number of halogens is 1. The molecule has 1 saturated heterocycles. The van der Waals surface area contributed by atoms with Crippen LogP contribution in [0.3, 0.4) is 0 Å². The second-order valence-corrected chi connectivity index (χ2v) is 11.0. The number of hydrogen-bond donors (Lipinski definition) is 1. The summed E-state index contributed by atoms with van der Waals surface area (Å²) in [5.74, 6) is -2.25. The molecule has 1 heterocycles. The van der Waals surface area contributed by atoms with Crippen molar-refractivity contribution in [1.82, 2.24) is 10.2 Å². The third kappa shape index (κ3) is 4.29. The molecular formula is C21H24ClN3O5S. The zero-order valence-corrected chi connectivity index (χ0v) is 18.5. The van der Waals surface area contributed by atoms with Crippen molar-refractivity contribution in [1.29, 1.82) is 5.26 Å². The number of rotatable bonds is 5. The highest BCUT2D eigenvalue weighted by atomic mass is 35.5. The van der Waals surface area contributed by atoms with E-state index in [9.17, 15) is 23.3 Å². The third-order valence-corrected chi connectivity index (χ3v) is 9.08. The van der Waals surface area contributed by atoms with Gasteiger partial charge < -0.3 is 15.0 Å². The Hall–Kier alpha value is -2.15. The highest BCUT2D eigenvalue weighted by Crippen LogP contribution is 2.42. The van der Waals surface area contributed by atoms with Gasteiger partial charge in [0.2, 0.25) is 11.8 Å². The molecule has 0 spiro atoms. The topological polar surface area (TPSA) is 117 Å². The molecule has 10 heteroatoms. The molecular weight excluding hydrogens is 442 g/mol. The first-order chi connectivity index (χ1) is 14.8. The molecule has 1 aromatic rings. The average Bonchev–Trinajstić information content (AvgIpc) is 3.39. The second-order valence-electron chi connectivity index (χ2n) is 8.40. The fourth-order valence-corrected chi connectivity index (χ4v) is 6.75. The highest BCUT2D eigenvalue weighted by Gasteiger charge is 2.52. The van der Waals surface area contributed by atoms with Gasteiger partial charge in [-0.05, 0) is 37.8 Å². The summed E-state index contributed by atoms with van der Waals surface area (Å²) in [6.45, 7) is 1.64. The molecule has 3 atom stereocenters. The lowest BCUT2D eigenvalue weighted by molar-refractivity contribution is -0.144. The molecule has 3 fully saturated rings. The summed E-state index contributed by atoms with van der Waals surface area (Å²) in [6.07, 6.45) is 1.18. The maximum atomic E-state index is 13.3. The van der Waals surface area contributed by atoms with E-state index < -0.39 is 38.4 Å². The predicted octanol–water partition coefficient (Wildman–Crippen LogP) is 1.54. The van der Waals surface area contributed by atoms with Crippen molar-refractivity contribution in [3.05, 3.63) is 29.3 Å². The SMILES string of the molecule is N#CC1(NC(=O)[C@@H]2C[C@@H](S(=O)(=O)c3ccccc3Cl)CC2C(=O)N2CCOCC2)CC1. The fraction of sp³-hybridized carbons (Fsp3) is 0.571. The summed E-state index contributed by atoms with van der Waals surface area (Å²) in [6, 6.07) is 8.30. The van der Waals surface area contributed by atoms with Gasteiger partial charge in [0.15, 0.2) is 9.84 Å². The third-order valence-electron chi connectivity index (χ3n) is 6.40. The van der Waals surface area contributed by atoms with Gasteiger partial charge in [-0.25, -0.2) is 8.42 Å². The average molecular weight is 466 g/mol. The van der Waals surface area contributed by atoms with Crippen LogP contribution in [0.25, 0.3) is 0 Å². The van der Waals surface area contributed by atoms with Crippen molar-refractivity contribution in [3.63, 3.8) is 0 Å². The van der Waals surface area contributed by atoms with Gasteiger partial charge in [-0.1, -0.05) is 23.7 Å². The van der Waals surface area contributed by atoms with Crippen LogP contribution < -0.4 is 5.32 Å². The van der Waals surface area contributed by atoms with Crippen molar-refractivity contribution >= 4 is 33.3 Å². The van der Waals surface area contributed by atoms with Gasteiger partial charge in [0, 0.05) is 13.1 Å². The predicted molar refractivity (Wildman–Crippen MR) is 112 cm³/mol. The number of ether oxygens (including phenoxy) is 1. The zero-order chi connectivity index (χ0) is 22.2. The van der Waals surface area contributed by atoms with Crippen molar-refractivity contribution in [2.75, 3.05) is 26.3 Å². The first kappa shape index (κ1) is 22.1. The number of carbonyl (C=O) groups is 2. The van der Waals surface area contributed by atoms with E-state index in [1.54, 1.807) is 17.0 Å². The molecule has 2 saturated carbocycles. The molecule has 0 radical (unpaired) electrons. The normalized spacial score (nSPS) is 27.4. The maximum absolute atomic E-state index is 13.3. The molecule has 4 rings (SSSR count). The van der Waals surface area contributed by atoms with Crippen molar-refractivity contribution in [3.8, 4) is 6.07 Å². The fourth-order valence-electron chi connectivity index (χ4n) is 4.40. The van der Waals surface area contributed by atoms with Crippen LogP contribution in [0.2, 0.25) is 5.02 Å². The number of nitrogens with one attached hydrogen (secondary N) is 1. The van der Waals surface area contributed by atoms with E-state index in [0.717, 1.165) is 0 Å². The summed E-state index contributed by atoms with van der Waals surface area (Å²) in [7, 11) is -3.84. The summed E-state index contributed by atoms with van der Waals surface area (Å²) < 4.78 is 31.9. The standard InChI is InChI=1S/C21H24ClN3O5S/c22-17-3-1-2-4-18(17)31(28,29)14-11-15(19(26)24-21(13-23)5-6-21)16(12-14)20(27)25-7-9-30-10-8-25/h1-4,14-16H,5-12H2,(H,24,26)/t14-,15-,16?/m1/s1. The Morgan fingerprint density at radius 2 is 1.81 bits per heavy atom. The van der Waals surface area contributed by atoms with E-state index >= 15 is 0 Å². The van der Waals surface area contributed by atoms with Gasteiger partial charge in [0.25, 0.3) is 0 Å². The Kier molecular flexibility index (Phi) is 5.99. The number of nitriles is 1. The van der Waals surface area contributed by atoms with Crippen molar-refractivity contribution < 1.29 is 22.7 Å². The molecule has 2 amide bonds. The van der Waals surface area contributed by atoms with E-state index in [-0.39, 0.29) is 28.7 Å². The van der Waals surface area contributed by atoms with Crippen LogP contribution in [-0.4, -0.2) is 62.2 Å². The van der Waals surface area contributed by atoms with Crippen LogP contribution in [0, 0.1) is 23.2 Å². The molecule has 0 bridgehead atoms. The minimum absolute atomic E-state index is 0.0102.